The minimum Gasteiger partial charge on any atom is -0.314 e. The van der Waals surface area contributed by atoms with Gasteiger partial charge in [-0.05, 0) is 52.6 Å². The molecule has 0 radical (unpaired) electrons. The monoisotopic (exact) mass is 267 g/mol. The van der Waals surface area contributed by atoms with E-state index in [-0.39, 0.29) is 0 Å². The number of nitrogens with one attached hydrogen (secondary N) is 1. The average Bonchev–Trinajstić information content (AvgIpc) is 2.78. The summed E-state index contributed by atoms with van der Waals surface area (Å²) in [6, 6.07) is 0.780. The van der Waals surface area contributed by atoms with Gasteiger partial charge in [-0.15, -0.1) is 0 Å². The molecule has 19 heavy (non-hydrogen) atoms. The summed E-state index contributed by atoms with van der Waals surface area (Å²) in [6.45, 7) is 13.2. The van der Waals surface area contributed by atoms with Gasteiger partial charge in [-0.3, -0.25) is 9.80 Å². The second kappa shape index (κ2) is 6.55. The van der Waals surface area contributed by atoms with Gasteiger partial charge in [0.2, 0.25) is 0 Å². The number of piperazine rings is 1. The number of hydrogen-bond acceptors (Lipinski definition) is 3. The Hall–Kier alpha value is -0.120. The first-order valence-electron chi connectivity index (χ1n) is 8.20. The lowest BCUT2D eigenvalue weighted by atomic mass is 9.97. The van der Waals surface area contributed by atoms with Gasteiger partial charge < -0.3 is 5.32 Å². The van der Waals surface area contributed by atoms with Crippen molar-refractivity contribution in [3.63, 3.8) is 0 Å². The first-order chi connectivity index (χ1) is 9.03. The molecule has 1 saturated carbocycles. The lowest BCUT2D eigenvalue weighted by Gasteiger charge is -2.46. The van der Waals surface area contributed by atoms with Crippen LogP contribution in [0.3, 0.4) is 0 Å². The molecule has 1 saturated heterocycles. The summed E-state index contributed by atoms with van der Waals surface area (Å²) >= 11 is 0. The van der Waals surface area contributed by atoms with Crippen LogP contribution in [0.25, 0.3) is 0 Å². The Morgan fingerprint density at radius 1 is 1.21 bits per heavy atom. The van der Waals surface area contributed by atoms with Crippen LogP contribution in [-0.2, 0) is 0 Å². The van der Waals surface area contributed by atoms with Gasteiger partial charge in [-0.25, -0.2) is 0 Å². The molecule has 0 bridgehead atoms. The highest BCUT2D eigenvalue weighted by Crippen LogP contribution is 2.28. The molecule has 2 aliphatic rings. The number of rotatable bonds is 5. The van der Waals surface area contributed by atoms with Crippen LogP contribution < -0.4 is 5.32 Å². The van der Waals surface area contributed by atoms with Gasteiger partial charge in [-0.2, -0.15) is 0 Å². The average molecular weight is 267 g/mol. The maximum absolute atomic E-state index is 3.76. The summed E-state index contributed by atoms with van der Waals surface area (Å²) in [4.78, 5) is 5.21. The molecule has 0 amide bonds. The van der Waals surface area contributed by atoms with Crippen LogP contribution >= 0.6 is 0 Å². The summed E-state index contributed by atoms with van der Waals surface area (Å²) in [5, 5.41) is 3.76. The Labute approximate surface area is 119 Å². The Bertz CT molecular complexity index is 277. The van der Waals surface area contributed by atoms with Crippen LogP contribution in [0, 0.1) is 5.92 Å². The summed E-state index contributed by atoms with van der Waals surface area (Å²) in [5.41, 5.74) is 0.337. The first kappa shape index (κ1) is 15.3. The van der Waals surface area contributed by atoms with E-state index in [2.05, 4.69) is 42.9 Å². The van der Waals surface area contributed by atoms with Crippen molar-refractivity contribution in [1.29, 1.82) is 0 Å². The van der Waals surface area contributed by atoms with Gasteiger partial charge >= 0.3 is 0 Å². The highest BCUT2D eigenvalue weighted by molar-refractivity contribution is 4.91. The van der Waals surface area contributed by atoms with Crippen molar-refractivity contribution in [2.24, 2.45) is 5.92 Å². The molecule has 2 atom stereocenters. The number of hydrogen-bond donors (Lipinski definition) is 1. The standard InChI is InChI=1S/C16H33N3/c1-5-9-17-15-8-6-7-14(15)12-19-11-10-18(4)16(2,3)13-19/h14-15,17H,5-13H2,1-4H3. The topological polar surface area (TPSA) is 18.5 Å². The first-order valence-corrected chi connectivity index (χ1v) is 8.20. The Balaban J connectivity index is 1.83. The molecule has 1 heterocycles. The van der Waals surface area contributed by atoms with Gasteiger partial charge in [0.05, 0.1) is 0 Å². The number of nitrogens with zero attached hydrogens (tertiary/aromatic N) is 2. The van der Waals surface area contributed by atoms with Crippen LogP contribution in [0.2, 0.25) is 0 Å². The van der Waals surface area contributed by atoms with Crippen molar-refractivity contribution in [1.82, 2.24) is 15.1 Å². The molecular weight excluding hydrogens is 234 g/mol. The zero-order chi connectivity index (χ0) is 13.9. The molecule has 0 aromatic carbocycles. The van der Waals surface area contributed by atoms with Crippen molar-refractivity contribution in [2.45, 2.75) is 58.0 Å². The van der Waals surface area contributed by atoms with Crippen LogP contribution in [0.15, 0.2) is 0 Å². The van der Waals surface area contributed by atoms with E-state index in [9.17, 15) is 0 Å². The fourth-order valence-electron chi connectivity index (χ4n) is 3.68. The summed E-state index contributed by atoms with van der Waals surface area (Å²) in [5.74, 6) is 0.880. The molecule has 2 unspecified atom stereocenters. The summed E-state index contributed by atoms with van der Waals surface area (Å²) in [6.07, 6.45) is 5.49. The van der Waals surface area contributed by atoms with Gasteiger partial charge in [0.25, 0.3) is 0 Å². The predicted octanol–water partition coefficient (Wildman–Crippen LogP) is 2.18. The third-order valence-corrected chi connectivity index (χ3v) is 5.20. The molecule has 3 heteroatoms. The lowest BCUT2D eigenvalue weighted by molar-refractivity contribution is 0.0304. The van der Waals surface area contributed by atoms with E-state index in [1.54, 1.807) is 0 Å². The second-order valence-electron chi connectivity index (χ2n) is 7.22. The molecule has 1 aliphatic heterocycles. The highest BCUT2D eigenvalue weighted by Gasteiger charge is 2.34. The molecule has 0 aromatic rings. The van der Waals surface area contributed by atoms with Crippen molar-refractivity contribution in [3.05, 3.63) is 0 Å². The second-order valence-corrected chi connectivity index (χ2v) is 7.22. The fourth-order valence-corrected chi connectivity index (χ4v) is 3.68. The smallest absolute Gasteiger partial charge is 0.0277 e. The third kappa shape index (κ3) is 3.93. The molecular formula is C16H33N3. The van der Waals surface area contributed by atoms with Crippen molar-refractivity contribution in [2.75, 3.05) is 39.8 Å². The maximum Gasteiger partial charge on any atom is 0.0277 e. The minimum absolute atomic E-state index is 0.337. The zero-order valence-electron chi connectivity index (χ0n) is 13.4. The molecule has 2 rings (SSSR count). The van der Waals surface area contributed by atoms with E-state index >= 15 is 0 Å². The van der Waals surface area contributed by atoms with Crippen LogP contribution in [0.4, 0.5) is 0 Å². The maximum atomic E-state index is 3.76. The van der Waals surface area contributed by atoms with Gasteiger partial charge in [0.1, 0.15) is 0 Å². The fraction of sp³-hybridized carbons (Fsp3) is 1.00. The lowest BCUT2D eigenvalue weighted by Crippen LogP contribution is -2.58. The molecule has 0 aromatic heterocycles. The van der Waals surface area contributed by atoms with Crippen LogP contribution in [-0.4, -0.2) is 61.2 Å². The molecule has 0 spiro atoms. The molecule has 2 fully saturated rings. The van der Waals surface area contributed by atoms with E-state index < -0.39 is 0 Å². The summed E-state index contributed by atoms with van der Waals surface area (Å²) < 4.78 is 0. The molecule has 1 aliphatic carbocycles. The van der Waals surface area contributed by atoms with E-state index in [4.69, 9.17) is 0 Å². The molecule has 1 N–H and O–H groups in total. The van der Waals surface area contributed by atoms with Crippen LogP contribution in [0.5, 0.6) is 0 Å². The van der Waals surface area contributed by atoms with Gasteiger partial charge in [0.15, 0.2) is 0 Å². The minimum atomic E-state index is 0.337. The molecule has 112 valence electrons. The Morgan fingerprint density at radius 2 is 2.00 bits per heavy atom. The zero-order valence-corrected chi connectivity index (χ0v) is 13.4. The van der Waals surface area contributed by atoms with E-state index in [0.29, 0.717) is 5.54 Å². The largest absolute Gasteiger partial charge is 0.314 e. The predicted molar refractivity (Wildman–Crippen MR) is 82.6 cm³/mol. The molecule has 3 nitrogen and oxygen atoms in total. The van der Waals surface area contributed by atoms with Gasteiger partial charge in [0, 0.05) is 37.8 Å². The van der Waals surface area contributed by atoms with Crippen LogP contribution in [0.1, 0.15) is 46.5 Å². The Morgan fingerprint density at radius 3 is 2.68 bits per heavy atom. The number of likely N-dealkylation sites (N-methyl/N-ethyl adjacent to an activating group) is 1. The summed E-state index contributed by atoms with van der Waals surface area (Å²) in [7, 11) is 2.26. The van der Waals surface area contributed by atoms with E-state index in [0.717, 1.165) is 12.0 Å². The van der Waals surface area contributed by atoms with E-state index in [1.165, 1.54) is 58.4 Å². The highest BCUT2D eigenvalue weighted by atomic mass is 15.3. The SMILES string of the molecule is CCCNC1CCCC1CN1CCN(C)C(C)(C)C1. The van der Waals surface area contributed by atoms with Gasteiger partial charge in [-0.1, -0.05) is 13.3 Å². The quantitative estimate of drug-likeness (QED) is 0.824. The normalized spacial score (nSPS) is 32.8. The van der Waals surface area contributed by atoms with E-state index in [1.807, 2.05) is 0 Å². The van der Waals surface area contributed by atoms with Crippen molar-refractivity contribution < 1.29 is 0 Å². The Kier molecular flexibility index (Phi) is 5.27. The van der Waals surface area contributed by atoms with Crippen molar-refractivity contribution >= 4 is 0 Å². The van der Waals surface area contributed by atoms with Crippen molar-refractivity contribution in [3.8, 4) is 0 Å². The third-order valence-electron chi connectivity index (χ3n) is 5.20.